The van der Waals surface area contributed by atoms with Gasteiger partial charge in [0, 0.05) is 39.7 Å². The Hall–Kier alpha value is -2.75. The highest BCUT2D eigenvalue weighted by Crippen LogP contribution is 2.43. The number of rotatable bonds is 8. The van der Waals surface area contributed by atoms with Gasteiger partial charge in [-0.1, -0.05) is 65.8 Å². The van der Waals surface area contributed by atoms with Crippen LogP contribution in [0.5, 0.6) is 0 Å². The molecule has 3 aromatic rings. The Balaban J connectivity index is 1.63. The standard InChI is InChI=1S/C29H28ClNOS/c1-3-31(4-2)20-25-12-10-22(29(25)33-27-16-14-26(30)15-17-27)13-18-28(32)24-11-9-21-7-5-6-8-23(21)19-24/h5-9,11,13-20H,3-4,10,12H2,1-2H3/b18-13+,25-20+. The molecule has 0 radical (unpaired) electrons. The van der Waals surface area contributed by atoms with Crippen molar-refractivity contribution < 1.29 is 4.79 Å². The number of ketones is 1. The molecule has 3 aromatic carbocycles. The number of fused-ring (bicyclic) bond motifs is 1. The molecule has 4 rings (SSSR count). The van der Waals surface area contributed by atoms with E-state index < -0.39 is 0 Å². The fraction of sp³-hybridized carbons (Fsp3) is 0.207. The molecule has 0 saturated heterocycles. The van der Waals surface area contributed by atoms with Crippen LogP contribution < -0.4 is 0 Å². The third-order valence-electron chi connectivity index (χ3n) is 5.90. The molecule has 0 aromatic heterocycles. The summed E-state index contributed by atoms with van der Waals surface area (Å²) < 4.78 is 0. The van der Waals surface area contributed by atoms with Gasteiger partial charge < -0.3 is 4.90 Å². The van der Waals surface area contributed by atoms with Crippen LogP contribution in [0.15, 0.2) is 106 Å². The van der Waals surface area contributed by atoms with E-state index in [1.54, 1.807) is 17.8 Å². The molecular weight excluding hydrogens is 446 g/mol. The van der Waals surface area contributed by atoms with Crippen LogP contribution in [-0.4, -0.2) is 23.8 Å². The highest BCUT2D eigenvalue weighted by molar-refractivity contribution is 8.03. The zero-order valence-electron chi connectivity index (χ0n) is 19.1. The van der Waals surface area contributed by atoms with Gasteiger partial charge in [0.25, 0.3) is 0 Å². The van der Waals surface area contributed by atoms with E-state index in [9.17, 15) is 4.79 Å². The first-order valence-corrected chi connectivity index (χ1v) is 12.6. The molecule has 1 aliphatic rings. The second-order valence-electron chi connectivity index (χ2n) is 8.05. The average Bonchev–Trinajstić information content (AvgIpc) is 3.22. The maximum absolute atomic E-state index is 12.9. The van der Waals surface area contributed by atoms with Gasteiger partial charge in [0.05, 0.1) is 0 Å². The number of carbonyl (C=O) groups excluding carboxylic acids is 1. The molecule has 4 heteroatoms. The van der Waals surface area contributed by atoms with Crippen LogP contribution in [0.2, 0.25) is 5.02 Å². The Bertz CT molecular complexity index is 1240. The number of halogens is 1. The van der Waals surface area contributed by atoms with Gasteiger partial charge in [0.2, 0.25) is 0 Å². The molecule has 0 amide bonds. The van der Waals surface area contributed by atoms with E-state index in [0.717, 1.165) is 46.6 Å². The van der Waals surface area contributed by atoms with Crippen molar-refractivity contribution in [2.45, 2.75) is 31.6 Å². The number of carbonyl (C=O) groups is 1. The second kappa shape index (κ2) is 10.9. The lowest BCUT2D eigenvalue weighted by Crippen LogP contribution is -2.16. The van der Waals surface area contributed by atoms with Crippen molar-refractivity contribution in [3.63, 3.8) is 0 Å². The first kappa shape index (κ1) is 23.4. The van der Waals surface area contributed by atoms with Crippen LogP contribution >= 0.6 is 23.4 Å². The van der Waals surface area contributed by atoms with Crippen molar-refractivity contribution in [3.8, 4) is 0 Å². The summed E-state index contributed by atoms with van der Waals surface area (Å²) in [5.41, 5.74) is 3.26. The van der Waals surface area contributed by atoms with Gasteiger partial charge in [0.1, 0.15) is 0 Å². The summed E-state index contributed by atoms with van der Waals surface area (Å²) in [6.07, 6.45) is 7.94. The molecule has 0 N–H and O–H groups in total. The van der Waals surface area contributed by atoms with Crippen molar-refractivity contribution in [1.29, 1.82) is 0 Å². The van der Waals surface area contributed by atoms with Crippen LogP contribution in [0.4, 0.5) is 0 Å². The molecule has 0 spiro atoms. The quantitative estimate of drug-likeness (QED) is 0.242. The number of benzene rings is 3. The number of allylic oxidation sites excluding steroid dienone is 4. The second-order valence-corrected chi connectivity index (χ2v) is 9.57. The minimum absolute atomic E-state index is 0.0327. The molecule has 0 unspecified atom stereocenters. The summed E-state index contributed by atoms with van der Waals surface area (Å²) in [4.78, 5) is 17.7. The Kier molecular flexibility index (Phi) is 7.74. The lowest BCUT2D eigenvalue weighted by Gasteiger charge is -2.18. The smallest absolute Gasteiger partial charge is 0.185 e. The van der Waals surface area contributed by atoms with E-state index in [0.29, 0.717) is 5.56 Å². The molecule has 0 heterocycles. The van der Waals surface area contributed by atoms with E-state index in [2.05, 4.69) is 43.1 Å². The third kappa shape index (κ3) is 5.79. The number of hydrogen-bond acceptors (Lipinski definition) is 3. The molecule has 0 saturated carbocycles. The minimum atomic E-state index is 0.0327. The molecular formula is C29H28ClNOS. The fourth-order valence-corrected chi connectivity index (χ4v) is 5.20. The van der Waals surface area contributed by atoms with Crippen LogP contribution in [0.3, 0.4) is 0 Å². The molecule has 0 fully saturated rings. The van der Waals surface area contributed by atoms with Crippen molar-refractivity contribution in [1.82, 2.24) is 4.90 Å². The van der Waals surface area contributed by atoms with E-state index in [1.807, 2.05) is 54.6 Å². The zero-order chi connectivity index (χ0) is 23.2. The Morgan fingerprint density at radius 2 is 1.70 bits per heavy atom. The summed E-state index contributed by atoms with van der Waals surface area (Å²) >= 11 is 7.84. The normalized spacial score (nSPS) is 15.2. The van der Waals surface area contributed by atoms with Crippen LogP contribution in [0.25, 0.3) is 10.8 Å². The van der Waals surface area contributed by atoms with Gasteiger partial charge in [-0.25, -0.2) is 0 Å². The lowest BCUT2D eigenvalue weighted by molar-refractivity contribution is 0.104. The van der Waals surface area contributed by atoms with Gasteiger partial charge in [-0.15, -0.1) is 0 Å². The summed E-state index contributed by atoms with van der Waals surface area (Å²) in [5, 5.41) is 2.96. The van der Waals surface area contributed by atoms with Crippen molar-refractivity contribution in [2.75, 3.05) is 13.1 Å². The van der Waals surface area contributed by atoms with E-state index >= 15 is 0 Å². The van der Waals surface area contributed by atoms with Gasteiger partial charge in [-0.3, -0.25) is 4.79 Å². The molecule has 1 aliphatic carbocycles. The van der Waals surface area contributed by atoms with Crippen LogP contribution in [0.1, 0.15) is 37.0 Å². The van der Waals surface area contributed by atoms with Gasteiger partial charge in [0.15, 0.2) is 5.78 Å². The first-order valence-electron chi connectivity index (χ1n) is 11.4. The molecule has 33 heavy (non-hydrogen) atoms. The molecule has 0 aliphatic heterocycles. The zero-order valence-corrected chi connectivity index (χ0v) is 20.6. The predicted octanol–water partition coefficient (Wildman–Crippen LogP) is 8.30. The summed E-state index contributed by atoms with van der Waals surface area (Å²) in [7, 11) is 0. The van der Waals surface area contributed by atoms with Crippen LogP contribution in [-0.2, 0) is 0 Å². The number of nitrogens with zero attached hydrogens (tertiary/aromatic N) is 1. The van der Waals surface area contributed by atoms with E-state index in [1.165, 1.54) is 16.1 Å². The Labute approximate surface area is 205 Å². The fourth-order valence-electron chi connectivity index (χ4n) is 3.98. The maximum atomic E-state index is 12.9. The number of hydrogen-bond donors (Lipinski definition) is 0. The topological polar surface area (TPSA) is 20.3 Å². The molecule has 0 bridgehead atoms. The Morgan fingerprint density at radius 1 is 0.970 bits per heavy atom. The Morgan fingerprint density at radius 3 is 2.42 bits per heavy atom. The summed E-state index contributed by atoms with van der Waals surface area (Å²) in [6, 6.07) is 22.0. The van der Waals surface area contributed by atoms with Gasteiger partial charge >= 0.3 is 0 Å². The highest BCUT2D eigenvalue weighted by Gasteiger charge is 2.20. The third-order valence-corrected chi connectivity index (χ3v) is 7.39. The predicted molar refractivity (Wildman–Crippen MR) is 142 cm³/mol. The lowest BCUT2D eigenvalue weighted by atomic mass is 10.0. The number of thioether (sulfide) groups is 1. The molecule has 0 atom stereocenters. The maximum Gasteiger partial charge on any atom is 0.185 e. The van der Waals surface area contributed by atoms with E-state index in [-0.39, 0.29) is 5.78 Å². The largest absolute Gasteiger partial charge is 0.378 e. The summed E-state index contributed by atoms with van der Waals surface area (Å²) in [5.74, 6) is 0.0327. The summed E-state index contributed by atoms with van der Waals surface area (Å²) in [6.45, 7) is 6.30. The van der Waals surface area contributed by atoms with Gasteiger partial charge in [-0.05, 0) is 85.0 Å². The molecule has 168 valence electrons. The van der Waals surface area contributed by atoms with Crippen molar-refractivity contribution in [3.05, 3.63) is 112 Å². The highest BCUT2D eigenvalue weighted by atomic mass is 35.5. The minimum Gasteiger partial charge on any atom is -0.378 e. The van der Waals surface area contributed by atoms with E-state index in [4.69, 9.17) is 11.6 Å². The van der Waals surface area contributed by atoms with Crippen molar-refractivity contribution in [2.24, 2.45) is 0 Å². The van der Waals surface area contributed by atoms with Crippen LogP contribution in [0, 0.1) is 0 Å². The SMILES string of the molecule is CCN(/C=C1\CCC(/C=C/C(=O)c2ccc3ccccc3c2)=C1Sc1ccc(Cl)cc1)CC. The average molecular weight is 474 g/mol. The van der Waals surface area contributed by atoms with Gasteiger partial charge in [-0.2, -0.15) is 0 Å². The molecule has 2 nitrogen and oxygen atoms in total. The first-order chi connectivity index (χ1) is 16.1. The monoisotopic (exact) mass is 473 g/mol. The van der Waals surface area contributed by atoms with Crippen molar-refractivity contribution >= 4 is 39.9 Å².